The summed E-state index contributed by atoms with van der Waals surface area (Å²) in [7, 11) is 0. The number of ketones is 1. The summed E-state index contributed by atoms with van der Waals surface area (Å²) in [5.74, 6) is 1.32. The van der Waals surface area contributed by atoms with Crippen molar-refractivity contribution in [3.8, 4) is 0 Å². The van der Waals surface area contributed by atoms with Crippen LogP contribution in [0.2, 0.25) is 0 Å². The van der Waals surface area contributed by atoms with Crippen LogP contribution in [0.5, 0.6) is 0 Å². The molecule has 141 valence electrons. The molecule has 28 heavy (non-hydrogen) atoms. The third-order valence-electron chi connectivity index (χ3n) is 6.16. The van der Waals surface area contributed by atoms with E-state index in [2.05, 4.69) is 66.7 Å². The third-order valence-corrected chi connectivity index (χ3v) is 6.16. The van der Waals surface area contributed by atoms with E-state index in [-0.39, 0.29) is 38.6 Å². The molecule has 0 N–H and O–H groups in total. The van der Waals surface area contributed by atoms with E-state index in [0.29, 0.717) is 11.7 Å². The predicted molar refractivity (Wildman–Crippen MR) is 112 cm³/mol. The van der Waals surface area contributed by atoms with E-state index < -0.39 is 0 Å². The Labute approximate surface area is 193 Å². The zero-order valence-electron chi connectivity index (χ0n) is 16.4. The molecule has 0 aliphatic heterocycles. The molecule has 0 saturated heterocycles. The molecule has 1 saturated carbocycles. The molecule has 0 bridgehead atoms. The minimum atomic E-state index is 0. The molecule has 0 amide bonds. The van der Waals surface area contributed by atoms with E-state index in [1.807, 2.05) is 6.07 Å². The number of hydrogen-bond acceptors (Lipinski definition) is 1. The minimum Gasteiger partial charge on any atom is -0.299 e. The van der Waals surface area contributed by atoms with Crippen LogP contribution in [0.1, 0.15) is 43.2 Å². The molecule has 0 heterocycles. The Morgan fingerprint density at radius 3 is 2.64 bits per heavy atom. The molecule has 4 rings (SSSR count). The van der Waals surface area contributed by atoms with Crippen LogP contribution in [0.4, 0.5) is 0 Å². The fraction of sp³-hybridized carbons (Fsp3) is 0.346. The molecule has 1 nitrogen and oxygen atoms in total. The first-order valence-corrected chi connectivity index (χ1v) is 10.3. The summed E-state index contributed by atoms with van der Waals surface area (Å²) in [5, 5.41) is 2.63. The normalized spacial score (nSPS) is 18.9. The van der Waals surface area contributed by atoms with Crippen LogP contribution < -0.4 is 0 Å². The van der Waals surface area contributed by atoms with E-state index in [1.54, 1.807) is 0 Å². The summed E-state index contributed by atoms with van der Waals surface area (Å²) < 4.78 is 0. The molecule has 2 atom stereocenters. The molecule has 0 aromatic heterocycles. The number of Topliss-reactive ketones (excluding diaryl/α,β-unsaturated/α-hetero) is 1. The minimum absolute atomic E-state index is 0. The van der Waals surface area contributed by atoms with Gasteiger partial charge in [0.1, 0.15) is 5.78 Å². The SMILES string of the molecule is O=C1CC[C@H](CCCc2c[c-]ccc2)[C@H]1CCc1cccc2ccccc12.[Y]. The topological polar surface area (TPSA) is 17.1 Å². The van der Waals surface area contributed by atoms with Crippen LogP contribution >= 0.6 is 0 Å². The molecule has 1 fully saturated rings. The Morgan fingerprint density at radius 1 is 0.929 bits per heavy atom. The maximum absolute atomic E-state index is 12.5. The summed E-state index contributed by atoms with van der Waals surface area (Å²) in [6.07, 6.45) is 7.29. The second-order valence-electron chi connectivity index (χ2n) is 7.85. The van der Waals surface area contributed by atoms with Gasteiger partial charge in [0.2, 0.25) is 0 Å². The Morgan fingerprint density at radius 2 is 1.79 bits per heavy atom. The first-order chi connectivity index (χ1) is 13.3. The zero-order valence-corrected chi connectivity index (χ0v) is 19.3. The van der Waals surface area contributed by atoms with Crippen LogP contribution in [0.3, 0.4) is 0 Å². The standard InChI is InChI=1S/C26H27O.Y/c27-26-19-17-23(12-6-10-20-8-2-1-3-9-20)25(26)18-16-22-14-7-13-21-11-4-5-15-24(21)22;/h1-2,4-5,7-9,11,13-15,23,25H,6,10,12,16-19H2;/q-1;/t23-,25+;/m0./s1. The summed E-state index contributed by atoms with van der Waals surface area (Å²) in [5.41, 5.74) is 2.74. The molecular weight excluding hydrogens is 417 g/mol. The first-order valence-electron chi connectivity index (χ1n) is 10.3. The van der Waals surface area contributed by atoms with Crippen molar-refractivity contribution < 1.29 is 37.5 Å². The molecule has 3 aromatic carbocycles. The monoisotopic (exact) mass is 444 g/mol. The van der Waals surface area contributed by atoms with Gasteiger partial charge in [0.05, 0.1) is 0 Å². The maximum Gasteiger partial charge on any atom is 0.136 e. The summed E-state index contributed by atoms with van der Waals surface area (Å²) in [6, 6.07) is 26.5. The summed E-state index contributed by atoms with van der Waals surface area (Å²) in [4.78, 5) is 12.5. The Bertz CT molecular complexity index is 897. The van der Waals surface area contributed by atoms with E-state index in [4.69, 9.17) is 0 Å². The van der Waals surface area contributed by atoms with Gasteiger partial charge < -0.3 is 0 Å². The quantitative estimate of drug-likeness (QED) is 0.397. The van der Waals surface area contributed by atoms with Crippen molar-refractivity contribution in [3.63, 3.8) is 0 Å². The van der Waals surface area contributed by atoms with Gasteiger partial charge in [0.25, 0.3) is 0 Å². The molecule has 2 heteroatoms. The average Bonchev–Trinajstić information content (AvgIpc) is 3.07. The van der Waals surface area contributed by atoms with Crippen LogP contribution in [-0.4, -0.2) is 5.78 Å². The molecule has 0 unspecified atom stereocenters. The Kier molecular flexibility index (Phi) is 8.00. The molecule has 1 aliphatic rings. The number of fused-ring (bicyclic) bond motifs is 1. The van der Waals surface area contributed by atoms with Gasteiger partial charge in [-0.3, -0.25) is 4.79 Å². The van der Waals surface area contributed by atoms with Gasteiger partial charge in [-0.2, -0.15) is 35.9 Å². The largest absolute Gasteiger partial charge is 0.299 e. The number of hydrogen-bond donors (Lipinski definition) is 0. The van der Waals surface area contributed by atoms with Gasteiger partial charge >= 0.3 is 0 Å². The smallest absolute Gasteiger partial charge is 0.136 e. The maximum atomic E-state index is 12.5. The fourth-order valence-corrected chi connectivity index (χ4v) is 4.70. The van der Waals surface area contributed by atoms with E-state index in [0.717, 1.165) is 32.1 Å². The van der Waals surface area contributed by atoms with E-state index in [1.165, 1.54) is 34.7 Å². The number of aryl methyl sites for hydroxylation is 2. The number of carbonyl (C=O) groups is 1. The van der Waals surface area contributed by atoms with Crippen molar-refractivity contribution in [2.24, 2.45) is 11.8 Å². The van der Waals surface area contributed by atoms with Crippen LogP contribution in [0, 0.1) is 17.9 Å². The molecule has 1 radical (unpaired) electrons. The number of rotatable bonds is 7. The van der Waals surface area contributed by atoms with Gasteiger partial charge in [-0.25, -0.2) is 0 Å². The summed E-state index contributed by atoms with van der Waals surface area (Å²) >= 11 is 0. The van der Waals surface area contributed by atoms with Crippen molar-refractivity contribution in [2.45, 2.75) is 44.9 Å². The van der Waals surface area contributed by atoms with Crippen molar-refractivity contribution in [1.82, 2.24) is 0 Å². The van der Waals surface area contributed by atoms with Gasteiger partial charge in [0, 0.05) is 45.0 Å². The Balaban J connectivity index is 0.00000225. The second-order valence-corrected chi connectivity index (χ2v) is 7.85. The second kappa shape index (κ2) is 10.5. The molecule has 1 aliphatic carbocycles. The fourth-order valence-electron chi connectivity index (χ4n) is 4.70. The molecule has 3 aromatic rings. The van der Waals surface area contributed by atoms with Crippen molar-refractivity contribution >= 4 is 16.6 Å². The zero-order chi connectivity index (χ0) is 18.5. The van der Waals surface area contributed by atoms with Gasteiger partial charge in [0.15, 0.2) is 0 Å². The molecular formula is C26H27OY-. The van der Waals surface area contributed by atoms with Crippen molar-refractivity contribution in [3.05, 3.63) is 83.9 Å². The third kappa shape index (κ3) is 5.19. The van der Waals surface area contributed by atoms with Crippen molar-refractivity contribution in [2.75, 3.05) is 0 Å². The number of benzene rings is 3. The van der Waals surface area contributed by atoms with Gasteiger partial charge in [-0.1, -0.05) is 61.7 Å². The van der Waals surface area contributed by atoms with Crippen LogP contribution in [-0.2, 0) is 50.3 Å². The van der Waals surface area contributed by atoms with Gasteiger partial charge in [-0.05, 0) is 41.5 Å². The van der Waals surface area contributed by atoms with E-state index in [9.17, 15) is 4.79 Å². The molecule has 0 spiro atoms. The number of carbonyl (C=O) groups excluding carboxylic acids is 1. The Hall–Kier alpha value is -1.31. The summed E-state index contributed by atoms with van der Waals surface area (Å²) in [6.45, 7) is 0. The predicted octanol–water partition coefficient (Wildman–Crippen LogP) is 6.19. The van der Waals surface area contributed by atoms with Crippen LogP contribution in [0.25, 0.3) is 10.8 Å². The van der Waals surface area contributed by atoms with E-state index >= 15 is 0 Å². The van der Waals surface area contributed by atoms with Crippen LogP contribution in [0.15, 0.2) is 66.7 Å². The first kappa shape index (κ1) is 21.4. The van der Waals surface area contributed by atoms with Gasteiger partial charge in [-0.15, -0.1) is 0 Å². The average molecular weight is 444 g/mol. The van der Waals surface area contributed by atoms with Crippen molar-refractivity contribution in [1.29, 1.82) is 0 Å².